The van der Waals surface area contributed by atoms with E-state index in [0.29, 0.717) is 5.71 Å². The first-order chi connectivity index (χ1) is 8.88. The largest absolute Gasteiger partial charge is 0.410 e. The molecule has 3 rings (SSSR count). The molecule has 0 radical (unpaired) electrons. The van der Waals surface area contributed by atoms with Gasteiger partial charge < -0.3 is 5.21 Å². The molecule has 0 aliphatic heterocycles. The Morgan fingerprint density at radius 2 is 1.72 bits per heavy atom. The third-order valence-corrected chi connectivity index (χ3v) is 3.69. The molecule has 0 unspecified atom stereocenters. The number of hydrogen-bond acceptors (Lipinski definition) is 4. The van der Waals surface area contributed by atoms with Crippen LogP contribution in [0.4, 0.5) is 0 Å². The Balaban J connectivity index is 2.13. The van der Waals surface area contributed by atoms with Crippen molar-refractivity contribution in [1.82, 2.24) is 4.98 Å². The van der Waals surface area contributed by atoms with Gasteiger partial charge >= 0.3 is 0 Å². The van der Waals surface area contributed by atoms with Crippen molar-refractivity contribution in [1.29, 1.82) is 0 Å². The molecule has 1 heterocycles. The van der Waals surface area contributed by atoms with E-state index >= 15 is 0 Å². The van der Waals surface area contributed by atoms with Crippen molar-refractivity contribution < 1.29 is 5.21 Å². The second-order valence-corrected chi connectivity index (χ2v) is 4.83. The summed E-state index contributed by atoms with van der Waals surface area (Å²) in [6.45, 7) is 0. The van der Waals surface area contributed by atoms with Crippen LogP contribution in [0.25, 0.3) is 10.2 Å². The first-order valence-corrected chi connectivity index (χ1v) is 6.33. The number of thiazole rings is 1. The number of oxime groups is 1. The monoisotopic (exact) mass is 254 g/mol. The topological polar surface area (TPSA) is 45.5 Å². The fourth-order valence-corrected chi connectivity index (χ4v) is 2.77. The van der Waals surface area contributed by atoms with Gasteiger partial charge in [-0.2, -0.15) is 0 Å². The summed E-state index contributed by atoms with van der Waals surface area (Å²) in [7, 11) is 0. The summed E-state index contributed by atoms with van der Waals surface area (Å²) in [5, 5.41) is 13.3. The second kappa shape index (κ2) is 4.58. The van der Waals surface area contributed by atoms with Crippen molar-refractivity contribution in [3.63, 3.8) is 0 Å². The number of benzene rings is 2. The van der Waals surface area contributed by atoms with Crippen molar-refractivity contribution in [3.05, 3.63) is 65.2 Å². The predicted molar refractivity (Wildman–Crippen MR) is 73.5 cm³/mol. The highest BCUT2D eigenvalue weighted by Crippen LogP contribution is 2.24. The van der Waals surface area contributed by atoms with Crippen LogP contribution in [-0.2, 0) is 0 Å². The summed E-state index contributed by atoms with van der Waals surface area (Å²) < 4.78 is 1.09. The molecular formula is C14H10N2OS. The lowest BCUT2D eigenvalue weighted by molar-refractivity contribution is 0.319. The maximum absolute atomic E-state index is 9.21. The molecule has 4 heteroatoms. The van der Waals surface area contributed by atoms with E-state index in [-0.39, 0.29) is 0 Å². The summed E-state index contributed by atoms with van der Waals surface area (Å²) in [5.74, 6) is 0. The number of para-hydroxylation sites is 1. The van der Waals surface area contributed by atoms with Crippen LogP contribution in [0.5, 0.6) is 0 Å². The zero-order valence-electron chi connectivity index (χ0n) is 9.45. The Bertz CT molecular complexity index is 671. The van der Waals surface area contributed by atoms with Gasteiger partial charge in [0, 0.05) is 5.56 Å². The molecule has 3 nitrogen and oxygen atoms in total. The van der Waals surface area contributed by atoms with E-state index in [9.17, 15) is 5.21 Å². The minimum atomic E-state index is 0.511. The van der Waals surface area contributed by atoms with Crippen LogP contribution in [0.15, 0.2) is 59.8 Å². The summed E-state index contributed by atoms with van der Waals surface area (Å²) in [6.07, 6.45) is 0. The van der Waals surface area contributed by atoms with Gasteiger partial charge in [0.1, 0.15) is 10.7 Å². The average molecular weight is 254 g/mol. The lowest BCUT2D eigenvalue weighted by Crippen LogP contribution is -2.02. The normalized spacial score (nSPS) is 11.9. The molecule has 0 spiro atoms. The van der Waals surface area contributed by atoms with Crippen molar-refractivity contribution >= 4 is 27.3 Å². The molecule has 0 aliphatic rings. The average Bonchev–Trinajstić information content (AvgIpc) is 2.84. The van der Waals surface area contributed by atoms with Crippen molar-refractivity contribution in [3.8, 4) is 0 Å². The first kappa shape index (κ1) is 10.9. The third-order valence-electron chi connectivity index (χ3n) is 2.64. The van der Waals surface area contributed by atoms with Gasteiger partial charge in [-0.1, -0.05) is 47.6 Å². The minimum Gasteiger partial charge on any atom is -0.410 e. The molecule has 1 aromatic heterocycles. The van der Waals surface area contributed by atoms with Gasteiger partial charge in [-0.25, -0.2) is 4.98 Å². The second-order valence-electron chi connectivity index (χ2n) is 3.80. The summed E-state index contributed by atoms with van der Waals surface area (Å²) in [6, 6.07) is 17.4. The molecule has 0 saturated carbocycles. The van der Waals surface area contributed by atoms with Crippen LogP contribution < -0.4 is 0 Å². The van der Waals surface area contributed by atoms with Crippen molar-refractivity contribution in [2.45, 2.75) is 0 Å². The van der Waals surface area contributed by atoms with Crippen LogP contribution in [0.3, 0.4) is 0 Å². The van der Waals surface area contributed by atoms with E-state index in [1.807, 2.05) is 54.6 Å². The fraction of sp³-hybridized carbons (Fsp3) is 0. The number of rotatable bonds is 2. The molecule has 2 aromatic carbocycles. The SMILES string of the molecule is O/N=C(\c1ccccc1)c1nc2ccccc2s1. The van der Waals surface area contributed by atoms with Gasteiger partial charge in [-0.05, 0) is 12.1 Å². The number of nitrogens with zero attached hydrogens (tertiary/aromatic N) is 2. The highest BCUT2D eigenvalue weighted by molar-refractivity contribution is 7.20. The lowest BCUT2D eigenvalue weighted by atomic mass is 10.1. The Kier molecular flexibility index (Phi) is 2.78. The van der Waals surface area contributed by atoms with Crippen molar-refractivity contribution in [2.75, 3.05) is 0 Å². The lowest BCUT2D eigenvalue weighted by Gasteiger charge is -1.99. The molecular weight excluding hydrogens is 244 g/mol. The molecule has 18 heavy (non-hydrogen) atoms. The molecule has 0 amide bonds. The van der Waals surface area contributed by atoms with Crippen LogP contribution in [0.2, 0.25) is 0 Å². The Morgan fingerprint density at radius 3 is 2.44 bits per heavy atom. The standard InChI is InChI=1S/C14H10N2OS/c17-16-13(10-6-2-1-3-7-10)14-15-11-8-4-5-9-12(11)18-14/h1-9,17H/b16-13+. The number of hydrogen-bond donors (Lipinski definition) is 1. The highest BCUT2D eigenvalue weighted by atomic mass is 32.1. The molecule has 0 atom stereocenters. The predicted octanol–water partition coefficient (Wildman–Crippen LogP) is 3.52. The molecule has 0 saturated heterocycles. The van der Waals surface area contributed by atoms with E-state index in [2.05, 4.69) is 10.1 Å². The molecule has 1 N–H and O–H groups in total. The van der Waals surface area contributed by atoms with E-state index < -0.39 is 0 Å². The molecule has 3 aromatic rings. The highest BCUT2D eigenvalue weighted by Gasteiger charge is 2.12. The minimum absolute atomic E-state index is 0.511. The van der Waals surface area contributed by atoms with Gasteiger partial charge in [0.25, 0.3) is 0 Å². The van der Waals surface area contributed by atoms with Crippen LogP contribution >= 0.6 is 11.3 Å². The molecule has 0 aliphatic carbocycles. The Morgan fingerprint density at radius 1 is 1.00 bits per heavy atom. The first-order valence-electron chi connectivity index (χ1n) is 5.52. The maximum atomic E-state index is 9.21. The van der Waals surface area contributed by atoms with Gasteiger partial charge in [0.15, 0.2) is 0 Å². The molecule has 0 fully saturated rings. The Labute approximate surface area is 108 Å². The van der Waals surface area contributed by atoms with E-state index in [4.69, 9.17) is 0 Å². The maximum Gasteiger partial charge on any atom is 0.147 e. The quantitative estimate of drug-likeness (QED) is 0.432. The van der Waals surface area contributed by atoms with Gasteiger partial charge in [0.05, 0.1) is 10.2 Å². The Hall–Kier alpha value is -2.20. The van der Waals surface area contributed by atoms with Gasteiger partial charge in [-0.3, -0.25) is 0 Å². The van der Waals surface area contributed by atoms with E-state index in [0.717, 1.165) is 20.8 Å². The van der Waals surface area contributed by atoms with Crippen molar-refractivity contribution in [2.24, 2.45) is 5.16 Å². The van der Waals surface area contributed by atoms with Crippen LogP contribution in [0.1, 0.15) is 10.6 Å². The summed E-state index contributed by atoms with van der Waals surface area (Å²) >= 11 is 1.52. The molecule has 88 valence electrons. The van der Waals surface area contributed by atoms with E-state index in [1.165, 1.54) is 11.3 Å². The van der Waals surface area contributed by atoms with Crippen LogP contribution in [-0.4, -0.2) is 15.9 Å². The smallest absolute Gasteiger partial charge is 0.147 e. The molecule has 0 bridgehead atoms. The van der Waals surface area contributed by atoms with Gasteiger partial charge in [0.2, 0.25) is 0 Å². The van der Waals surface area contributed by atoms with Gasteiger partial charge in [-0.15, -0.1) is 11.3 Å². The number of fused-ring (bicyclic) bond motifs is 1. The summed E-state index contributed by atoms with van der Waals surface area (Å²) in [4.78, 5) is 4.49. The number of aromatic nitrogens is 1. The third kappa shape index (κ3) is 1.87. The van der Waals surface area contributed by atoms with E-state index in [1.54, 1.807) is 0 Å². The zero-order valence-corrected chi connectivity index (χ0v) is 10.3. The van der Waals surface area contributed by atoms with Crippen LogP contribution in [0, 0.1) is 0 Å². The summed E-state index contributed by atoms with van der Waals surface area (Å²) in [5.41, 5.74) is 2.30. The fourth-order valence-electron chi connectivity index (χ4n) is 1.79. The zero-order chi connectivity index (χ0) is 12.4.